The van der Waals surface area contributed by atoms with Gasteiger partial charge in [-0.05, 0) is 29.8 Å². The number of carbonyl (C=O) groups is 2. The fourth-order valence-corrected chi connectivity index (χ4v) is 3.26. The highest BCUT2D eigenvalue weighted by Gasteiger charge is 2.43. The van der Waals surface area contributed by atoms with Gasteiger partial charge in [0.2, 0.25) is 0 Å². The second-order valence-corrected chi connectivity index (χ2v) is 6.48. The standard InChI is InChI=1S/C21H20F2N2O5/c1-24(8-9-26)19-18(12-4-7-16(29-2)17(10-12)30-3)20(27)25(21(19)28)15-11-13(22)5-6-14(15)23/h4-7,10-11,26H,8-9H2,1-3H3. The topological polar surface area (TPSA) is 79.3 Å². The van der Waals surface area contributed by atoms with Gasteiger partial charge in [0, 0.05) is 19.7 Å². The van der Waals surface area contributed by atoms with E-state index in [0.717, 1.165) is 18.2 Å². The third kappa shape index (κ3) is 3.59. The van der Waals surface area contributed by atoms with Gasteiger partial charge in [0.05, 0.1) is 32.1 Å². The van der Waals surface area contributed by atoms with E-state index in [0.29, 0.717) is 22.0 Å². The lowest BCUT2D eigenvalue weighted by Gasteiger charge is -2.20. The van der Waals surface area contributed by atoms with Crippen LogP contribution in [-0.4, -0.2) is 56.2 Å². The first-order valence-corrected chi connectivity index (χ1v) is 8.96. The number of methoxy groups -OCH3 is 2. The van der Waals surface area contributed by atoms with E-state index in [1.807, 2.05) is 0 Å². The van der Waals surface area contributed by atoms with Crippen LogP contribution in [-0.2, 0) is 9.59 Å². The third-order valence-electron chi connectivity index (χ3n) is 4.70. The number of hydrogen-bond donors (Lipinski definition) is 1. The lowest BCUT2D eigenvalue weighted by Crippen LogP contribution is -2.35. The van der Waals surface area contributed by atoms with E-state index in [2.05, 4.69) is 0 Å². The highest BCUT2D eigenvalue weighted by molar-refractivity contribution is 6.45. The number of amides is 2. The van der Waals surface area contributed by atoms with E-state index >= 15 is 0 Å². The number of hydrogen-bond acceptors (Lipinski definition) is 6. The molecule has 0 fully saturated rings. The Morgan fingerprint density at radius 3 is 2.33 bits per heavy atom. The minimum absolute atomic E-state index is 0.0273. The summed E-state index contributed by atoms with van der Waals surface area (Å²) in [4.78, 5) is 28.4. The number of anilines is 1. The highest BCUT2D eigenvalue weighted by Crippen LogP contribution is 2.38. The Balaban J connectivity index is 2.19. The van der Waals surface area contributed by atoms with Gasteiger partial charge in [-0.3, -0.25) is 9.59 Å². The Kier molecular flexibility index (Phi) is 6.02. The molecule has 30 heavy (non-hydrogen) atoms. The fourth-order valence-electron chi connectivity index (χ4n) is 3.26. The molecule has 9 heteroatoms. The van der Waals surface area contributed by atoms with Crippen LogP contribution in [0.5, 0.6) is 11.5 Å². The Morgan fingerprint density at radius 1 is 1.00 bits per heavy atom. The van der Waals surface area contributed by atoms with Crippen LogP contribution in [0.2, 0.25) is 0 Å². The second kappa shape index (κ2) is 8.50. The Labute approximate surface area is 171 Å². The average molecular weight is 418 g/mol. The van der Waals surface area contributed by atoms with Gasteiger partial charge in [-0.25, -0.2) is 13.7 Å². The number of ether oxygens (including phenoxy) is 2. The summed E-state index contributed by atoms with van der Waals surface area (Å²) in [5.41, 5.74) is -0.244. The van der Waals surface area contributed by atoms with Crippen LogP contribution < -0.4 is 14.4 Å². The first-order chi connectivity index (χ1) is 14.3. The number of imide groups is 1. The van der Waals surface area contributed by atoms with E-state index in [4.69, 9.17) is 9.47 Å². The molecule has 2 aromatic rings. The van der Waals surface area contributed by atoms with Crippen molar-refractivity contribution in [3.05, 3.63) is 59.3 Å². The van der Waals surface area contributed by atoms with Gasteiger partial charge in [0.1, 0.15) is 17.3 Å². The molecule has 0 unspecified atom stereocenters. The van der Waals surface area contributed by atoms with E-state index in [-0.39, 0.29) is 24.4 Å². The summed E-state index contributed by atoms with van der Waals surface area (Å²) in [5, 5.41) is 9.30. The third-order valence-corrected chi connectivity index (χ3v) is 4.70. The van der Waals surface area contributed by atoms with E-state index < -0.39 is 29.1 Å². The molecule has 158 valence electrons. The monoisotopic (exact) mass is 418 g/mol. The van der Waals surface area contributed by atoms with E-state index in [1.165, 1.54) is 32.2 Å². The lowest BCUT2D eigenvalue weighted by molar-refractivity contribution is -0.120. The molecule has 0 aromatic heterocycles. The maximum absolute atomic E-state index is 14.4. The summed E-state index contributed by atoms with van der Waals surface area (Å²) in [5.74, 6) is -2.63. The zero-order valence-electron chi connectivity index (χ0n) is 16.6. The molecule has 0 spiro atoms. The Hall–Kier alpha value is -3.46. The van der Waals surface area contributed by atoms with Crippen LogP contribution in [0, 0.1) is 11.6 Å². The number of likely N-dealkylation sites (N-methyl/N-ethyl adjacent to an activating group) is 1. The van der Waals surface area contributed by atoms with Crippen LogP contribution in [0.15, 0.2) is 42.1 Å². The number of benzene rings is 2. The molecule has 0 aliphatic carbocycles. The van der Waals surface area contributed by atoms with Crippen LogP contribution in [0.4, 0.5) is 14.5 Å². The van der Waals surface area contributed by atoms with Crippen molar-refractivity contribution in [1.29, 1.82) is 0 Å². The molecule has 0 atom stereocenters. The van der Waals surface area contributed by atoms with Crippen LogP contribution >= 0.6 is 0 Å². The zero-order chi connectivity index (χ0) is 22.0. The molecule has 1 heterocycles. The average Bonchev–Trinajstić information content (AvgIpc) is 2.99. The van der Waals surface area contributed by atoms with E-state index in [1.54, 1.807) is 12.1 Å². The number of nitrogens with zero attached hydrogens (tertiary/aromatic N) is 2. The minimum Gasteiger partial charge on any atom is -0.493 e. The molecular weight excluding hydrogens is 398 g/mol. The number of carbonyl (C=O) groups excluding carboxylic acids is 2. The van der Waals surface area contributed by atoms with Gasteiger partial charge in [0.25, 0.3) is 11.8 Å². The predicted octanol–water partition coefficient (Wildman–Crippen LogP) is 2.19. The van der Waals surface area contributed by atoms with Gasteiger partial charge < -0.3 is 19.5 Å². The molecule has 1 aliphatic heterocycles. The normalized spacial score (nSPS) is 13.9. The van der Waals surface area contributed by atoms with Crippen molar-refractivity contribution in [2.24, 2.45) is 0 Å². The van der Waals surface area contributed by atoms with Crippen molar-refractivity contribution in [3.63, 3.8) is 0 Å². The predicted molar refractivity (Wildman–Crippen MR) is 105 cm³/mol. The van der Waals surface area contributed by atoms with Crippen LogP contribution in [0.1, 0.15) is 5.56 Å². The number of aliphatic hydroxyl groups excluding tert-OH is 1. The van der Waals surface area contributed by atoms with Crippen molar-refractivity contribution in [3.8, 4) is 11.5 Å². The zero-order valence-corrected chi connectivity index (χ0v) is 16.6. The quantitative estimate of drug-likeness (QED) is 0.695. The lowest BCUT2D eigenvalue weighted by atomic mass is 10.0. The molecule has 0 bridgehead atoms. The summed E-state index contributed by atoms with van der Waals surface area (Å²) in [7, 11) is 4.39. The first-order valence-electron chi connectivity index (χ1n) is 8.96. The Morgan fingerprint density at radius 2 is 1.70 bits per heavy atom. The molecule has 1 N–H and O–H groups in total. The molecule has 0 radical (unpaired) electrons. The summed E-state index contributed by atoms with van der Waals surface area (Å²) in [6, 6.07) is 7.15. The second-order valence-electron chi connectivity index (χ2n) is 6.48. The molecule has 1 aliphatic rings. The molecule has 0 saturated carbocycles. The fraction of sp³-hybridized carbons (Fsp3) is 0.238. The van der Waals surface area contributed by atoms with Crippen LogP contribution in [0.3, 0.4) is 0 Å². The Bertz CT molecular complexity index is 1040. The summed E-state index contributed by atoms with van der Waals surface area (Å²) >= 11 is 0. The largest absolute Gasteiger partial charge is 0.493 e. The molecule has 3 rings (SSSR count). The van der Waals surface area contributed by atoms with Gasteiger partial charge in [-0.2, -0.15) is 0 Å². The molecular formula is C21H20F2N2O5. The van der Waals surface area contributed by atoms with Gasteiger partial charge in [-0.15, -0.1) is 0 Å². The number of aliphatic hydroxyl groups is 1. The minimum atomic E-state index is -0.921. The molecule has 2 aromatic carbocycles. The summed E-state index contributed by atoms with van der Waals surface area (Å²) in [6.07, 6.45) is 0. The van der Waals surface area contributed by atoms with Crippen molar-refractivity contribution >= 4 is 23.1 Å². The number of halogens is 2. The molecule has 7 nitrogen and oxygen atoms in total. The van der Waals surface area contributed by atoms with Gasteiger partial charge >= 0.3 is 0 Å². The number of rotatable bonds is 7. The molecule has 2 amide bonds. The van der Waals surface area contributed by atoms with E-state index in [9.17, 15) is 23.5 Å². The summed E-state index contributed by atoms with van der Waals surface area (Å²) in [6.45, 7) is -0.236. The SMILES string of the molecule is COc1ccc(C2=C(N(C)CCO)C(=O)N(c3cc(F)ccc3F)C2=O)cc1OC. The smallest absolute Gasteiger partial charge is 0.282 e. The van der Waals surface area contributed by atoms with Crippen molar-refractivity contribution in [1.82, 2.24) is 4.90 Å². The van der Waals surface area contributed by atoms with Gasteiger partial charge in [-0.1, -0.05) is 6.07 Å². The summed E-state index contributed by atoms with van der Waals surface area (Å²) < 4.78 is 38.6. The first kappa shape index (κ1) is 21.3. The van der Waals surface area contributed by atoms with Crippen molar-refractivity contribution in [2.45, 2.75) is 0 Å². The van der Waals surface area contributed by atoms with Crippen molar-refractivity contribution < 1.29 is 33.0 Å². The highest BCUT2D eigenvalue weighted by atomic mass is 19.1. The van der Waals surface area contributed by atoms with Gasteiger partial charge in [0.15, 0.2) is 11.5 Å². The van der Waals surface area contributed by atoms with Crippen LogP contribution in [0.25, 0.3) is 5.57 Å². The molecule has 0 saturated heterocycles. The maximum atomic E-state index is 14.4. The van der Waals surface area contributed by atoms with Crippen molar-refractivity contribution in [2.75, 3.05) is 39.3 Å². The maximum Gasteiger partial charge on any atom is 0.282 e.